The summed E-state index contributed by atoms with van der Waals surface area (Å²) in [7, 11) is 2.94. The fraction of sp³-hybridized carbons (Fsp3) is 0. The standard InChI is InChI=1S/C36H19N3O6S2/c40-33-26-7-1-4-20-5-2-8-27(31(20)26)34(41)37(33)21-10-14-23(15-11-21)46-47-24-16-12-22(13-17-24)38-35(42)28-9-3-6-25-30(39(44)45)19-18-29(32(25)28)36(38)43/h1-19H. The Labute approximate surface area is 274 Å². The molecule has 0 aromatic heterocycles. The van der Waals surface area contributed by atoms with Crippen LogP contribution >= 0.6 is 21.6 Å². The molecule has 0 radical (unpaired) electrons. The molecule has 4 amide bonds. The highest BCUT2D eigenvalue weighted by molar-refractivity contribution is 8.76. The molecule has 0 spiro atoms. The summed E-state index contributed by atoms with van der Waals surface area (Å²) in [6.07, 6.45) is 0. The SMILES string of the molecule is O=C1c2cccc3cccc(c23)C(=O)N1c1ccc(SSc2ccc(N3C(=O)c4cccc5c([N+](=O)[O-])ccc(c45)C3=O)cc2)cc1. The zero-order valence-corrected chi connectivity index (χ0v) is 25.7. The van der Waals surface area contributed by atoms with E-state index in [2.05, 4.69) is 0 Å². The highest BCUT2D eigenvalue weighted by Crippen LogP contribution is 2.41. The van der Waals surface area contributed by atoms with E-state index in [-0.39, 0.29) is 34.0 Å². The zero-order chi connectivity index (χ0) is 32.4. The van der Waals surface area contributed by atoms with Gasteiger partial charge in [0.05, 0.1) is 21.7 Å². The van der Waals surface area contributed by atoms with Crippen LogP contribution in [0, 0.1) is 10.1 Å². The first kappa shape index (κ1) is 28.7. The Morgan fingerprint density at radius 3 is 1.38 bits per heavy atom. The Balaban J connectivity index is 0.985. The highest BCUT2D eigenvalue weighted by Gasteiger charge is 2.36. The van der Waals surface area contributed by atoms with E-state index in [1.807, 2.05) is 36.4 Å². The van der Waals surface area contributed by atoms with Gasteiger partial charge in [-0.1, -0.05) is 51.9 Å². The molecule has 0 unspecified atom stereocenters. The number of nitro groups is 1. The second-order valence-electron chi connectivity index (χ2n) is 10.9. The minimum absolute atomic E-state index is 0.162. The number of non-ortho nitro benzene ring substituents is 1. The van der Waals surface area contributed by atoms with Crippen LogP contribution in [-0.4, -0.2) is 28.6 Å². The summed E-state index contributed by atoms with van der Waals surface area (Å²) >= 11 is 0. The van der Waals surface area contributed by atoms with Crippen molar-refractivity contribution in [2.24, 2.45) is 0 Å². The minimum Gasteiger partial charge on any atom is -0.268 e. The van der Waals surface area contributed by atoms with E-state index < -0.39 is 16.7 Å². The molecule has 6 aromatic rings. The largest absolute Gasteiger partial charge is 0.277 e. The number of rotatable bonds is 6. The summed E-state index contributed by atoms with van der Waals surface area (Å²) < 4.78 is 0. The molecule has 6 aromatic carbocycles. The Morgan fingerprint density at radius 2 is 0.915 bits per heavy atom. The van der Waals surface area contributed by atoms with E-state index in [1.54, 1.807) is 66.7 Å². The molecule has 8 rings (SSSR count). The van der Waals surface area contributed by atoms with Crippen LogP contribution in [0.2, 0.25) is 0 Å². The lowest BCUT2D eigenvalue weighted by Crippen LogP contribution is -2.40. The average molecular weight is 654 g/mol. The summed E-state index contributed by atoms with van der Waals surface area (Å²) in [6.45, 7) is 0. The monoisotopic (exact) mass is 653 g/mol. The van der Waals surface area contributed by atoms with E-state index in [0.29, 0.717) is 33.3 Å². The number of hydrogen-bond donors (Lipinski definition) is 0. The van der Waals surface area contributed by atoms with Crippen molar-refractivity contribution < 1.29 is 24.1 Å². The number of anilines is 2. The minimum atomic E-state index is -0.547. The van der Waals surface area contributed by atoms with Gasteiger partial charge in [-0.2, -0.15) is 0 Å². The van der Waals surface area contributed by atoms with Crippen molar-refractivity contribution in [2.75, 3.05) is 9.80 Å². The molecule has 226 valence electrons. The highest BCUT2D eigenvalue weighted by atomic mass is 33.1. The van der Waals surface area contributed by atoms with Gasteiger partial charge in [0.25, 0.3) is 29.3 Å². The predicted molar refractivity (Wildman–Crippen MR) is 181 cm³/mol. The Kier molecular flexibility index (Phi) is 6.67. The normalized spacial score (nSPS) is 14.0. The Bertz CT molecular complexity index is 2300. The molecular weight excluding hydrogens is 635 g/mol. The molecule has 0 saturated carbocycles. The number of hydrogen-bond acceptors (Lipinski definition) is 8. The van der Waals surface area contributed by atoms with Crippen LogP contribution in [-0.2, 0) is 0 Å². The van der Waals surface area contributed by atoms with Gasteiger partial charge in [-0.3, -0.25) is 29.3 Å². The average Bonchev–Trinajstić information content (AvgIpc) is 3.09. The van der Waals surface area contributed by atoms with Gasteiger partial charge in [-0.15, -0.1) is 0 Å². The number of nitrogens with zero attached hydrogens (tertiary/aromatic N) is 3. The first-order valence-electron chi connectivity index (χ1n) is 14.4. The van der Waals surface area contributed by atoms with Crippen molar-refractivity contribution in [3.63, 3.8) is 0 Å². The second-order valence-corrected chi connectivity index (χ2v) is 13.1. The van der Waals surface area contributed by atoms with E-state index in [9.17, 15) is 29.3 Å². The molecule has 9 nitrogen and oxygen atoms in total. The van der Waals surface area contributed by atoms with Gasteiger partial charge in [0, 0.05) is 48.9 Å². The third kappa shape index (κ3) is 4.50. The summed E-state index contributed by atoms with van der Waals surface area (Å²) in [4.78, 5) is 68.7. The van der Waals surface area contributed by atoms with Crippen molar-refractivity contribution >= 4 is 83.8 Å². The van der Waals surface area contributed by atoms with Crippen LogP contribution in [0.1, 0.15) is 41.4 Å². The van der Waals surface area contributed by atoms with Gasteiger partial charge in [0.15, 0.2) is 0 Å². The fourth-order valence-corrected chi connectivity index (χ4v) is 8.07. The lowest BCUT2D eigenvalue weighted by Gasteiger charge is -2.27. The van der Waals surface area contributed by atoms with Crippen molar-refractivity contribution in [2.45, 2.75) is 9.79 Å². The molecular formula is C36H19N3O6S2. The van der Waals surface area contributed by atoms with Gasteiger partial charge in [-0.25, -0.2) is 9.80 Å². The number of benzene rings is 6. The maximum atomic E-state index is 13.5. The lowest BCUT2D eigenvalue weighted by atomic mass is 9.93. The first-order chi connectivity index (χ1) is 22.8. The van der Waals surface area contributed by atoms with E-state index >= 15 is 0 Å². The Hall–Kier alpha value is -5.78. The molecule has 0 fully saturated rings. The number of nitro benzene ring substituents is 1. The van der Waals surface area contributed by atoms with Gasteiger partial charge < -0.3 is 0 Å². The zero-order valence-electron chi connectivity index (χ0n) is 24.1. The maximum Gasteiger partial charge on any atom is 0.277 e. The van der Waals surface area contributed by atoms with E-state index in [1.165, 1.54) is 38.6 Å². The van der Waals surface area contributed by atoms with E-state index in [0.717, 1.165) is 20.1 Å². The van der Waals surface area contributed by atoms with Crippen LogP contribution in [0.25, 0.3) is 21.5 Å². The van der Waals surface area contributed by atoms with Crippen molar-refractivity contribution in [1.82, 2.24) is 0 Å². The number of amides is 4. The van der Waals surface area contributed by atoms with Crippen molar-refractivity contribution in [1.29, 1.82) is 0 Å². The Morgan fingerprint density at radius 1 is 0.489 bits per heavy atom. The number of carbonyl (C=O) groups excluding carboxylic acids is 4. The van der Waals surface area contributed by atoms with Gasteiger partial charge in [0.1, 0.15) is 0 Å². The van der Waals surface area contributed by atoms with Gasteiger partial charge >= 0.3 is 0 Å². The lowest BCUT2D eigenvalue weighted by molar-refractivity contribution is -0.383. The third-order valence-electron chi connectivity index (χ3n) is 8.28. The summed E-state index contributed by atoms with van der Waals surface area (Å²) in [5.41, 5.74) is 2.15. The summed E-state index contributed by atoms with van der Waals surface area (Å²) in [5, 5.41) is 13.6. The molecule has 47 heavy (non-hydrogen) atoms. The van der Waals surface area contributed by atoms with Crippen LogP contribution in [0.4, 0.5) is 17.1 Å². The molecule has 11 heteroatoms. The molecule has 0 atom stereocenters. The molecule has 0 aliphatic carbocycles. The molecule has 2 heterocycles. The smallest absolute Gasteiger partial charge is 0.268 e. The van der Waals surface area contributed by atoms with Gasteiger partial charge in [0.2, 0.25) is 0 Å². The van der Waals surface area contributed by atoms with Crippen LogP contribution in [0.5, 0.6) is 0 Å². The molecule has 0 bridgehead atoms. The van der Waals surface area contributed by atoms with Crippen LogP contribution in [0.15, 0.2) is 125 Å². The summed E-state index contributed by atoms with van der Waals surface area (Å²) in [6, 6.07) is 32.4. The van der Waals surface area contributed by atoms with Crippen LogP contribution < -0.4 is 9.80 Å². The number of carbonyl (C=O) groups is 4. The second kappa shape index (κ2) is 10.9. The molecule has 2 aliphatic heterocycles. The molecule has 0 saturated heterocycles. The number of imide groups is 2. The van der Waals surface area contributed by atoms with Gasteiger partial charge in [-0.05, 0) is 84.2 Å². The quantitative estimate of drug-likeness (QED) is 0.0763. The van der Waals surface area contributed by atoms with Crippen LogP contribution in [0.3, 0.4) is 0 Å². The predicted octanol–water partition coefficient (Wildman–Crippen LogP) is 8.30. The molecule has 2 aliphatic rings. The first-order valence-corrected chi connectivity index (χ1v) is 16.5. The van der Waals surface area contributed by atoms with Crippen molar-refractivity contribution in [3.8, 4) is 0 Å². The fourth-order valence-electron chi connectivity index (χ4n) is 6.14. The summed E-state index contributed by atoms with van der Waals surface area (Å²) in [5.74, 6) is -1.81. The van der Waals surface area contributed by atoms with Crippen molar-refractivity contribution in [3.05, 3.63) is 148 Å². The van der Waals surface area contributed by atoms with E-state index in [4.69, 9.17) is 0 Å². The third-order valence-corrected chi connectivity index (χ3v) is 10.7. The maximum absolute atomic E-state index is 13.5. The topological polar surface area (TPSA) is 118 Å². The molecule has 0 N–H and O–H groups in total.